The lowest BCUT2D eigenvalue weighted by molar-refractivity contribution is 0.0571. The summed E-state index contributed by atoms with van der Waals surface area (Å²) in [6, 6.07) is 5.78. The number of carbonyl (C=O) groups excluding carboxylic acids is 2. The number of ether oxygens (including phenoxy) is 1. The highest BCUT2D eigenvalue weighted by molar-refractivity contribution is 5.91. The molecule has 5 nitrogen and oxygen atoms in total. The number of isocyanates is 1. The Labute approximate surface area is 124 Å². The van der Waals surface area contributed by atoms with Gasteiger partial charge in [0.15, 0.2) is 0 Å². The van der Waals surface area contributed by atoms with E-state index in [2.05, 4.69) is 4.99 Å². The maximum absolute atomic E-state index is 12.5. The van der Waals surface area contributed by atoms with Gasteiger partial charge in [-0.3, -0.25) is 4.90 Å². The standard InChI is InChI=1S/C16H20N2O3/c1-11-5-6-12-8-13(9-17-10-19)18(14(12)7-11)15(20)21-16(2,3)4/h5-7,13H,8-9H2,1-4H3. The van der Waals surface area contributed by atoms with E-state index in [-0.39, 0.29) is 12.6 Å². The van der Waals surface area contributed by atoms with Crippen LogP contribution in [0.4, 0.5) is 10.5 Å². The zero-order chi connectivity index (χ0) is 15.6. The van der Waals surface area contributed by atoms with Gasteiger partial charge in [0.1, 0.15) is 5.60 Å². The number of hydrogen-bond acceptors (Lipinski definition) is 4. The molecule has 2 rings (SSSR count). The van der Waals surface area contributed by atoms with Crippen LogP contribution in [-0.2, 0) is 16.0 Å². The van der Waals surface area contributed by atoms with Gasteiger partial charge in [0.2, 0.25) is 6.08 Å². The number of carbonyl (C=O) groups is 1. The summed E-state index contributed by atoms with van der Waals surface area (Å²) in [6.45, 7) is 7.70. The Morgan fingerprint density at radius 3 is 2.81 bits per heavy atom. The van der Waals surface area contributed by atoms with Crippen molar-refractivity contribution >= 4 is 17.9 Å². The highest BCUT2D eigenvalue weighted by Gasteiger charge is 2.36. The van der Waals surface area contributed by atoms with Crippen LogP contribution in [0.3, 0.4) is 0 Å². The number of anilines is 1. The van der Waals surface area contributed by atoms with Crippen molar-refractivity contribution in [1.82, 2.24) is 0 Å². The molecular weight excluding hydrogens is 268 g/mol. The smallest absolute Gasteiger partial charge is 0.415 e. The molecule has 1 unspecified atom stereocenters. The summed E-state index contributed by atoms with van der Waals surface area (Å²) in [6.07, 6.45) is 1.80. The third-order valence-electron chi connectivity index (χ3n) is 3.28. The molecule has 0 aliphatic carbocycles. The quantitative estimate of drug-likeness (QED) is 0.621. The summed E-state index contributed by atoms with van der Waals surface area (Å²) >= 11 is 0. The monoisotopic (exact) mass is 288 g/mol. The normalized spacial score (nSPS) is 17.1. The van der Waals surface area contributed by atoms with Crippen molar-refractivity contribution in [3.05, 3.63) is 29.3 Å². The molecule has 0 radical (unpaired) electrons. The van der Waals surface area contributed by atoms with Crippen LogP contribution in [0.25, 0.3) is 0 Å². The molecular formula is C16H20N2O3. The van der Waals surface area contributed by atoms with Gasteiger partial charge >= 0.3 is 6.09 Å². The number of nitrogens with zero attached hydrogens (tertiary/aromatic N) is 2. The van der Waals surface area contributed by atoms with Gasteiger partial charge in [-0.2, -0.15) is 0 Å². The van der Waals surface area contributed by atoms with Crippen LogP contribution >= 0.6 is 0 Å². The summed E-state index contributed by atoms with van der Waals surface area (Å²) in [5, 5.41) is 0. The lowest BCUT2D eigenvalue weighted by Crippen LogP contribution is -2.42. The Bertz CT molecular complexity index is 598. The Kier molecular flexibility index (Phi) is 4.14. The fourth-order valence-electron chi connectivity index (χ4n) is 2.46. The molecule has 1 amide bonds. The zero-order valence-electron chi connectivity index (χ0n) is 12.8. The van der Waals surface area contributed by atoms with Gasteiger partial charge in [-0.15, -0.1) is 0 Å². The number of aliphatic imine (C=N–C) groups is 1. The average molecular weight is 288 g/mol. The van der Waals surface area contributed by atoms with Crippen LogP contribution in [0.1, 0.15) is 31.9 Å². The summed E-state index contributed by atoms with van der Waals surface area (Å²) in [5.41, 5.74) is 2.41. The number of rotatable bonds is 2. The van der Waals surface area contributed by atoms with E-state index in [4.69, 9.17) is 4.74 Å². The first-order valence-corrected chi connectivity index (χ1v) is 6.97. The van der Waals surface area contributed by atoms with Crippen LogP contribution in [0, 0.1) is 6.92 Å². The minimum atomic E-state index is -0.567. The Morgan fingerprint density at radius 1 is 1.48 bits per heavy atom. The number of fused-ring (bicyclic) bond motifs is 1. The molecule has 21 heavy (non-hydrogen) atoms. The molecule has 0 N–H and O–H groups in total. The minimum absolute atomic E-state index is 0.196. The second kappa shape index (κ2) is 5.70. The van der Waals surface area contributed by atoms with E-state index >= 15 is 0 Å². The lowest BCUT2D eigenvalue weighted by Gasteiger charge is -2.28. The van der Waals surface area contributed by atoms with Gasteiger partial charge < -0.3 is 4.74 Å². The Hall–Kier alpha value is -2.13. The first kappa shape index (κ1) is 15.3. The van der Waals surface area contributed by atoms with Gasteiger partial charge in [-0.05, 0) is 51.3 Å². The highest BCUT2D eigenvalue weighted by atomic mass is 16.6. The summed E-state index contributed by atoms with van der Waals surface area (Å²) in [5.74, 6) is 0. The van der Waals surface area contributed by atoms with E-state index in [0.717, 1.165) is 16.8 Å². The number of amides is 1. The van der Waals surface area contributed by atoms with Crippen molar-refractivity contribution in [2.24, 2.45) is 4.99 Å². The third-order valence-corrected chi connectivity index (χ3v) is 3.28. The third kappa shape index (κ3) is 3.50. The molecule has 1 aromatic rings. The van der Waals surface area contributed by atoms with Crippen molar-refractivity contribution in [1.29, 1.82) is 0 Å². The van der Waals surface area contributed by atoms with E-state index in [1.807, 2.05) is 45.9 Å². The van der Waals surface area contributed by atoms with Crippen molar-refractivity contribution < 1.29 is 14.3 Å². The van der Waals surface area contributed by atoms with Crippen LogP contribution in [0.15, 0.2) is 23.2 Å². The second-order valence-corrected chi connectivity index (χ2v) is 6.27. The van der Waals surface area contributed by atoms with Crippen molar-refractivity contribution in [3.8, 4) is 0 Å². The molecule has 5 heteroatoms. The van der Waals surface area contributed by atoms with Crippen molar-refractivity contribution in [2.75, 3.05) is 11.4 Å². The molecule has 0 saturated carbocycles. The molecule has 0 aromatic heterocycles. The van der Waals surface area contributed by atoms with Crippen molar-refractivity contribution in [2.45, 2.75) is 45.8 Å². The van der Waals surface area contributed by atoms with E-state index < -0.39 is 11.7 Å². The number of aryl methyl sites for hydroxylation is 1. The maximum atomic E-state index is 12.5. The molecule has 0 spiro atoms. The average Bonchev–Trinajstić information content (AvgIpc) is 2.71. The second-order valence-electron chi connectivity index (χ2n) is 6.27. The van der Waals surface area contributed by atoms with Gasteiger partial charge in [-0.1, -0.05) is 12.1 Å². The fraction of sp³-hybridized carbons (Fsp3) is 0.500. The van der Waals surface area contributed by atoms with Crippen LogP contribution < -0.4 is 4.90 Å². The topological polar surface area (TPSA) is 59.0 Å². The fourth-order valence-corrected chi connectivity index (χ4v) is 2.46. The largest absolute Gasteiger partial charge is 0.443 e. The number of hydrogen-bond donors (Lipinski definition) is 0. The maximum Gasteiger partial charge on any atom is 0.415 e. The van der Waals surface area contributed by atoms with Crippen LogP contribution in [0.5, 0.6) is 0 Å². The minimum Gasteiger partial charge on any atom is -0.443 e. The van der Waals surface area contributed by atoms with Crippen LogP contribution in [-0.4, -0.2) is 30.4 Å². The van der Waals surface area contributed by atoms with Gasteiger partial charge in [0.25, 0.3) is 0 Å². The molecule has 0 bridgehead atoms. The zero-order valence-corrected chi connectivity index (χ0v) is 12.8. The molecule has 1 aliphatic heterocycles. The van der Waals surface area contributed by atoms with Gasteiger partial charge in [0.05, 0.1) is 18.3 Å². The van der Waals surface area contributed by atoms with Gasteiger partial charge in [0, 0.05) is 0 Å². The molecule has 1 aromatic carbocycles. The molecule has 112 valence electrons. The first-order chi connectivity index (χ1) is 9.81. The predicted molar refractivity (Wildman–Crippen MR) is 80.4 cm³/mol. The van der Waals surface area contributed by atoms with E-state index in [0.29, 0.717) is 6.42 Å². The first-order valence-electron chi connectivity index (χ1n) is 6.97. The molecule has 0 fully saturated rings. The summed E-state index contributed by atoms with van der Waals surface area (Å²) in [4.78, 5) is 28.1. The molecule has 1 atom stereocenters. The van der Waals surface area contributed by atoms with E-state index in [1.54, 1.807) is 4.90 Å². The summed E-state index contributed by atoms with van der Waals surface area (Å²) < 4.78 is 5.48. The van der Waals surface area contributed by atoms with Crippen molar-refractivity contribution in [3.63, 3.8) is 0 Å². The Balaban J connectivity index is 2.34. The lowest BCUT2D eigenvalue weighted by atomic mass is 10.1. The predicted octanol–water partition coefficient (Wildman–Crippen LogP) is 3.00. The van der Waals surface area contributed by atoms with E-state index in [9.17, 15) is 9.59 Å². The SMILES string of the molecule is Cc1ccc2c(c1)N(C(=O)OC(C)(C)C)C(CN=C=O)C2. The number of benzene rings is 1. The Morgan fingerprint density at radius 2 is 2.19 bits per heavy atom. The molecule has 1 aliphatic rings. The summed E-state index contributed by atoms with van der Waals surface area (Å²) in [7, 11) is 0. The van der Waals surface area contributed by atoms with Crippen LogP contribution in [0.2, 0.25) is 0 Å². The molecule has 1 heterocycles. The van der Waals surface area contributed by atoms with Gasteiger partial charge in [-0.25, -0.2) is 14.6 Å². The molecule has 0 saturated heterocycles. The highest BCUT2D eigenvalue weighted by Crippen LogP contribution is 2.34. The van der Waals surface area contributed by atoms with E-state index in [1.165, 1.54) is 6.08 Å².